The summed E-state index contributed by atoms with van der Waals surface area (Å²) < 4.78 is 0. The second-order valence-corrected chi connectivity index (χ2v) is 5.20. The molecule has 19 heavy (non-hydrogen) atoms. The van der Waals surface area contributed by atoms with E-state index in [1.165, 1.54) is 0 Å². The van der Waals surface area contributed by atoms with E-state index in [-0.39, 0.29) is 0 Å². The van der Waals surface area contributed by atoms with Crippen LogP contribution >= 0.6 is 0 Å². The lowest BCUT2D eigenvalue weighted by Crippen LogP contribution is -2.28. The number of rotatable bonds is 3. The Bertz CT molecular complexity index is 618. The Balaban J connectivity index is 2.48. The van der Waals surface area contributed by atoms with Crippen molar-refractivity contribution in [3.63, 3.8) is 0 Å². The molecule has 1 aromatic heterocycles. The van der Waals surface area contributed by atoms with Gasteiger partial charge < -0.3 is 5.11 Å². The summed E-state index contributed by atoms with van der Waals surface area (Å²) in [6.45, 7) is 5.37. The molecule has 3 heteroatoms. The number of aryl methyl sites for hydroxylation is 1. The van der Waals surface area contributed by atoms with Crippen LogP contribution in [-0.4, -0.2) is 16.1 Å². The Morgan fingerprint density at radius 3 is 2.47 bits per heavy atom. The van der Waals surface area contributed by atoms with E-state index >= 15 is 0 Å². The van der Waals surface area contributed by atoms with E-state index in [2.05, 4.69) is 4.98 Å². The molecular formula is C16H17NO2. The number of hydrogen-bond acceptors (Lipinski definition) is 2. The lowest BCUT2D eigenvalue weighted by molar-refractivity contribution is -0.142. The molecule has 0 aliphatic carbocycles. The van der Waals surface area contributed by atoms with Crippen molar-refractivity contribution in [3.8, 4) is 11.1 Å². The van der Waals surface area contributed by atoms with E-state index in [9.17, 15) is 9.90 Å². The summed E-state index contributed by atoms with van der Waals surface area (Å²) in [4.78, 5) is 15.5. The summed E-state index contributed by atoms with van der Waals surface area (Å²) in [6, 6.07) is 11.6. The Kier molecular flexibility index (Phi) is 3.38. The molecular weight excluding hydrogens is 238 g/mol. The Hall–Kier alpha value is -2.16. The van der Waals surface area contributed by atoms with E-state index in [1.54, 1.807) is 20.0 Å². The molecule has 0 radical (unpaired) electrons. The van der Waals surface area contributed by atoms with Crippen LogP contribution in [0.4, 0.5) is 0 Å². The third-order valence-corrected chi connectivity index (χ3v) is 3.35. The van der Waals surface area contributed by atoms with Crippen LogP contribution in [0.3, 0.4) is 0 Å². The van der Waals surface area contributed by atoms with Crippen molar-refractivity contribution in [1.82, 2.24) is 4.98 Å². The van der Waals surface area contributed by atoms with Gasteiger partial charge in [0, 0.05) is 11.9 Å². The van der Waals surface area contributed by atoms with Gasteiger partial charge in [-0.25, -0.2) is 0 Å². The van der Waals surface area contributed by atoms with E-state index in [0.29, 0.717) is 0 Å². The van der Waals surface area contributed by atoms with Crippen LogP contribution in [0.25, 0.3) is 11.1 Å². The van der Waals surface area contributed by atoms with Crippen LogP contribution in [0.15, 0.2) is 42.6 Å². The van der Waals surface area contributed by atoms with Gasteiger partial charge in [0.15, 0.2) is 0 Å². The minimum Gasteiger partial charge on any atom is -0.481 e. The van der Waals surface area contributed by atoms with E-state index in [1.807, 2.05) is 43.3 Å². The molecule has 3 nitrogen and oxygen atoms in total. The van der Waals surface area contributed by atoms with Gasteiger partial charge in [-0.1, -0.05) is 24.3 Å². The average Bonchev–Trinajstić information content (AvgIpc) is 2.38. The second kappa shape index (κ2) is 4.84. The molecule has 98 valence electrons. The van der Waals surface area contributed by atoms with Gasteiger partial charge in [0.25, 0.3) is 0 Å². The Morgan fingerprint density at radius 1 is 1.16 bits per heavy atom. The van der Waals surface area contributed by atoms with Crippen LogP contribution in [0.1, 0.15) is 25.1 Å². The number of carboxylic acid groups (broad SMARTS) is 1. The highest BCUT2D eigenvalue weighted by atomic mass is 16.4. The highest BCUT2D eigenvalue weighted by Gasteiger charge is 2.29. The summed E-state index contributed by atoms with van der Waals surface area (Å²) >= 11 is 0. The van der Waals surface area contributed by atoms with Crippen LogP contribution in [0, 0.1) is 6.92 Å². The molecule has 1 aromatic carbocycles. The molecule has 0 amide bonds. The molecule has 0 unspecified atom stereocenters. The van der Waals surface area contributed by atoms with Gasteiger partial charge in [-0.15, -0.1) is 0 Å². The molecule has 0 bridgehead atoms. The van der Waals surface area contributed by atoms with Crippen molar-refractivity contribution < 1.29 is 9.90 Å². The zero-order valence-electron chi connectivity index (χ0n) is 11.3. The number of aliphatic carboxylic acids is 1. The van der Waals surface area contributed by atoms with E-state index in [4.69, 9.17) is 0 Å². The number of hydrogen-bond donors (Lipinski definition) is 1. The predicted octanol–water partition coefficient (Wildman–Crippen LogP) is 3.42. The predicted molar refractivity (Wildman–Crippen MR) is 75.1 cm³/mol. The van der Waals surface area contributed by atoms with E-state index < -0.39 is 11.4 Å². The molecule has 0 saturated carbocycles. The van der Waals surface area contributed by atoms with Gasteiger partial charge >= 0.3 is 5.97 Å². The van der Waals surface area contributed by atoms with Gasteiger partial charge in [-0.3, -0.25) is 9.78 Å². The maximum absolute atomic E-state index is 11.3. The first-order valence-electron chi connectivity index (χ1n) is 6.18. The van der Waals surface area contributed by atoms with Crippen LogP contribution < -0.4 is 0 Å². The average molecular weight is 255 g/mol. The number of aromatic nitrogens is 1. The lowest BCUT2D eigenvalue weighted by Gasteiger charge is -2.20. The molecule has 0 spiro atoms. The summed E-state index contributed by atoms with van der Waals surface area (Å²) in [5, 5.41) is 9.29. The SMILES string of the molecule is Cc1cc(-c2cccc(C(C)(C)C(=O)O)c2)ccn1. The topological polar surface area (TPSA) is 50.2 Å². The normalized spacial score (nSPS) is 11.3. The molecule has 0 aliphatic heterocycles. The maximum Gasteiger partial charge on any atom is 0.313 e. The minimum absolute atomic E-state index is 0.798. The molecule has 0 aliphatic rings. The van der Waals surface area contributed by atoms with Crippen LogP contribution in [-0.2, 0) is 10.2 Å². The Morgan fingerprint density at radius 2 is 1.84 bits per heavy atom. The quantitative estimate of drug-likeness (QED) is 0.914. The second-order valence-electron chi connectivity index (χ2n) is 5.20. The fourth-order valence-electron chi connectivity index (χ4n) is 1.94. The summed E-state index contributed by atoms with van der Waals surface area (Å²) in [6.07, 6.45) is 1.76. The number of carbonyl (C=O) groups is 1. The first-order valence-corrected chi connectivity index (χ1v) is 6.18. The molecule has 0 atom stereocenters. The van der Waals surface area contributed by atoms with Crippen molar-refractivity contribution >= 4 is 5.97 Å². The summed E-state index contributed by atoms with van der Waals surface area (Å²) in [5.74, 6) is -0.824. The number of benzene rings is 1. The number of carboxylic acids is 1. The van der Waals surface area contributed by atoms with Gasteiger partial charge in [0.2, 0.25) is 0 Å². The van der Waals surface area contributed by atoms with Gasteiger partial charge in [0.05, 0.1) is 5.41 Å². The monoisotopic (exact) mass is 255 g/mol. The first kappa shape index (κ1) is 13.3. The van der Waals surface area contributed by atoms with Crippen LogP contribution in [0.2, 0.25) is 0 Å². The summed E-state index contributed by atoms with van der Waals surface area (Å²) in [7, 11) is 0. The van der Waals surface area contributed by atoms with Gasteiger partial charge in [0.1, 0.15) is 0 Å². The fraction of sp³-hybridized carbons (Fsp3) is 0.250. The van der Waals surface area contributed by atoms with Crippen molar-refractivity contribution in [3.05, 3.63) is 53.9 Å². The zero-order valence-corrected chi connectivity index (χ0v) is 11.3. The summed E-state index contributed by atoms with van der Waals surface area (Å²) in [5.41, 5.74) is 2.91. The van der Waals surface area contributed by atoms with Crippen molar-refractivity contribution in [2.75, 3.05) is 0 Å². The molecule has 1 N–H and O–H groups in total. The third-order valence-electron chi connectivity index (χ3n) is 3.35. The standard InChI is InChI=1S/C16H17NO2/c1-11-9-13(7-8-17-11)12-5-4-6-14(10-12)16(2,3)15(18)19/h4-10H,1-3H3,(H,18,19). The molecule has 1 heterocycles. The third kappa shape index (κ3) is 2.65. The Labute approximate surface area is 112 Å². The van der Waals surface area contributed by atoms with Gasteiger partial charge in [-0.05, 0) is 49.6 Å². The molecule has 2 aromatic rings. The highest BCUT2D eigenvalue weighted by Crippen LogP contribution is 2.28. The lowest BCUT2D eigenvalue weighted by atomic mass is 9.83. The zero-order chi connectivity index (χ0) is 14.0. The number of pyridine rings is 1. The van der Waals surface area contributed by atoms with Crippen molar-refractivity contribution in [1.29, 1.82) is 0 Å². The smallest absolute Gasteiger partial charge is 0.313 e. The first-order chi connectivity index (χ1) is 8.91. The van der Waals surface area contributed by atoms with Crippen molar-refractivity contribution in [2.45, 2.75) is 26.2 Å². The fourth-order valence-corrected chi connectivity index (χ4v) is 1.94. The maximum atomic E-state index is 11.3. The van der Waals surface area contributed by atoms with Crippen LogP contribution in [0.5, 0.6) is 0 Å². The number of nitrogens with zero attached hydrogens (tertiary/aromatic N) is 1. The molecule has 0 saturated heterocycles. The molecule has 0 fully saturated rings. The van der Waals surface area contributed by atoms with Crippen molar-refractivity contribution in [2.24, 2.45) is 0 Å². The molecule has 2 rings (SSSR count). The van der Waals surface area contributed by atoms with Gasteiger partial charge in [-0.2, -0.15) is 0 Å². The minimum atomic E-state index is -0.891. The highest BCUT2D eigenvalue weighted by molar-refractivity contribution is 5.81. The van der Waals surface area contributed by atoms with E-state index in [0.717, 1.165) is 22.4 Å². The largest absolute Gasteiger partial charge is 0.481 e.